The van der Waals surface area contributed by atoms with Gasteiger partial charge >= 0.3 is 0 Å². The molecule has 14 heavy (non-hydrogen) atoms. The van der Waals surface area contributed by atoms with Crippen molar-refractivity contribution in [2.75, 3.05) is 13.2 Å². The zero-order valence-corrected chi connectivity index (χ0v) is 8.32. The number of carbonyl (C=O) groups is 1. The molecule has 0 amide bonds. The summed E-state index contributed by atoms with van der Waals surface area (Å²) >= 11 is 0. The SMILES string of the molecule is Cc1ccc(C=O)c(OCCCN)c1. The van der Waals surface area contributed by atoms with Crippen molar-refractivity contribution in [3.05, 3.63) is 29.3 Å². The number of nitrogens with two attached hydrogens (primary N) is 1. The zero-order valence-electron chi connectivity index (χ0n) is 8.32. The van der Waals surface area contributed by atoms with Crippen LogP contribution in [0, 0.1) is 6.92 Å². The minimum atomic E-state index is 0.556. The summed E-state index contributed by atoms with van der Waals surface area (Å²) < 4.78 is 5.44. The van der Waals surface area contributed by atoms with Gasteiger partial charge in [0.25, 0.3) is 0 Å². The highest BCUT2D eigenvalue weighted by Gasteiger charge is 2.02. The molecule has 0 unspecified atom stereocenters. The number of hydrogen-bond acceptors (Lipinski definition) is 3. The third-order valence-corrected chi connectivity index (χ3v) is 1.90. The second-order valence-electron chi connectivity index (χ2n) is 3.15. The molecule has 1 aromatic rings. The van der Waals surface area contributed by atoms with E-state index < -0.39 is 0 Å². The third-order valence-electron chi connectivity index (χ3n) is 1.90. The Balaban J connectivity index is 2.72. The molecule has 3 nitrogen and oxygen atoms in total. The van der Waals surface area contributed by atoms with E-state index >= 15 is 0 Å². The summed E-state index contributed by atoms with van der Waals surface area (Å²) in [5.74, 6) is 0.647. The molecule has 0 saturated heterocycles. The van der Waals surface area contributed by atoms with Crippen molar-refractivity contribution in [3.8, 4) is 5.75 Å². The molecule has 1 aromatic carbocycles. The molecule has 0 aliphatic carbocycles. The van der Waals surface area contributed by atoms with Gasteiger partial charge in [-0.05, 0) is 37.6 Å². The maximum Gasteiger partial charge on any atom is 0.153 e. The van der Waals surface area contributed by atoms with Crippen molar-refractivity contribution < 1.29 is 9.53 Å². The maximum absolute atomic E-state index is 10.7. The largest absolute Gasteiger partial charge is 0.493 e. The average Bonchev–Trinajstić information content (AvgIpc) is 2.19. The summed E-state index contributed by atoms with van der Waals surface area (Å²) in [6, 6.07) is 5.51. The fraction of sp³-hybridized carbons (Fsp3) is 0.364. The van der Waals surface area contributed by atoms with Crippen LogP contribution in [0.3, 0.4) is 0 Å². The fourth-order valence-electron chi connectivity index (χ4n) is 1.13. The molecule has 0 spiro atoms. The van der Waals surface area contributed by atoms with E-state index in [1.807, 2.05) is 19.1 Å². The molecule has 0 aromatic heterocycles. The van der Waals surface area contributed by atoms with Crippen LogP contribution in [0.15, 0.2) is 18.2 Å². The molecule has 0 aliphatic rings. The van der Waals surface area contributed by atoms with Crippen LogP contribution >= 0.6 is 0 Å². The fourth-order valence-corrected chi connectivity index (χ4v) is 1.13. The van der Waals surface area contributed by atoms with E-state index in [-0.39, 0.29) is 0 Å². The minimum Gasteiger partial charge on any atom is -0.493 e. The van der Waals surface area contributed by atoms with Gasteiger partial charge in [0.05, 0.1) is 12.2 Å². The van der Waals surface area contributed by atoms with Gasteiger partial charge in [-0.2, -0.15) is 0 Å². The normalized spacial score (nSPS) is 9.86. The summed E-state index contributed by atoms with van der Waals surface area (Å²) in [6.07, 6.45) is 1.60. The molecule has 0 heterocycles. The Labute approximate surface area is 83.9 Å². The van der Waals surface area contributed by atoms with Crippen LogP contribution < -0.4 is 10.5 Å². The molecule has 0 atom stereocenters. The Morgan fingerprint density at radius 1 is 1.50 bits per heavy atom. The van der Waals surface area contributed by atoms with Crippen LogP contribution in [0.5, 0.6) is 5.75 Å². The van der Waals surface area contributed by atoms with Crippen LogP contribution in [0.4, 0.5) is 0 Å². The predicted octanol–water partition coefficient (Wildman–Crippen LogP) is 1.54. The third kappa shape index (κ3) is 2.85. The number of ether oxygens (including phenoxy) is 1. The molecule has 0 radical (unpaired) electrons. The lowest BCUT2D eigenvalue weighted by Crippen LogP contribution is -2.07. The van der Waals surface area contributed by atoms with Crippen molar-refractivity contribution >= 4 is 6.29 Å². The highest BCUT2D eigenvalue weighted by atomic mass is 16.5. The second kappa shape index (κ2) is 5.40. The zero-order chi connectivity index (χ0) is 10.4. The highest BCUT2D eigenvalue weighted by molar-refractivity contribution is 5.79. The van der Waals surface area contributed by atoms with Gasteiger partial charge in [0, 0.05) is 0 Å². The van der Waals surface area contributed by atoms with Crippen molar-refractivity contribution in [2.24, 2.45) is 5.73 Å². The molecule has 0 saturated carbocycles. The van der Waals surface area contributed by atoms with Gasteiger partial charge in [-0.3, -0.25) is 4.79 Å². The van der Waals surface area contributed by atoms with Gasteiger partial charge in [0.2, 0.25) is 0 Å². The van der Waals surface area contributed by atoms with E-state index in [9.17, 15) is 4.79 Å². The Hall–Kier alpha value is -1.35. The number of carbonyl (C=O) groups excluding carboxylic acids is 1. The molecule has 0 fully saturated rings. The second-order valence-corrected chi connectivity index (χ2v) is 3.15. The summed E-state index contributed by atoms with van der Waals surface area (Å²) in [7, 11) is 0. The summed E-state index contributed by atoms with van der Waals surface area (Å²) in [6.45, 7) is 3.12. The van der Waals surface area contributed by atoms with E-state index in [1.165, 1.54) is 0 Å². The van der Waals surface area contributed by atoms with Crippen LogP contribution in [0.25, 0.3) is 0 Å². The lowest BCUT2D eigenvalue weighted by atomic mass is 10.1. The maximum atomic E-state index is 10.7. The molecule has 0 aliphatic heterocycles. The van der Waals surface area contributed by atoms with Crippen molar-refractivity contribution in [3.63, 3.8) is 0 Å². The molecule has 2 N–H and O–H groups in total. The smallest absolute Gasteiger partial charge is 0.153 e. The number of rotatable bonds is 5. The molecular weight excluding hydrogens is 178 g/mol. The van der Waals surface area contributed by atoms with E-state index in [0.29, 0.717) is 24.5 Å². The van der Waals surface area contributed by atoms with Crippen LogP contribution in [-0.4, -0.2) is 19.4 Å². The van der Waals surface area contributed by atoms with Gasteiger partial charge < -0.3 is 10.5 Å². The first kappa shape index (κ1) is 10.7. The molecule has 0 bridgehead atoms. The first-order chi connectivity index (χ1) is 6.77. The van der Waals surface area contributed by atoms with Gasteiger partial charge in [-0.25, -0.2) is 0 Å². The van der Waals surface area contributed by atoms with Gasteiger partial charge in [0.15, 0.2) is 6.29 Å². The highest BCUT2D eigenvalue weighted by Crippen LogP contribution is 2.18. The molecule has 76 valence electrons. The van der Waals surface area contributed by atoms with Gasteiger partial charge in [-0.15, -0.1) is 0 Å². The first-order valence-corrected chi connectivity index (χ1v) is 4.66. The number of aldehydes is 1. The predicted molar refractivity (Wildman–Crippen MR) is 55.7 cm³/mol. The van der Waals surface area contributed by atoms with Crippen molar-refractivity contribution in [1.29, 1.82) is 0 Å². The molecular formula is C11H15NO2. The van der Waals surface area contributed by atoms with Gasteiger partial charge in [-0.1, -0.05) is 6.07 Å². The van der Waals surface area contributed by atoms with E-state index in [4.69, 9.17) is 10.5 Å². The standard InChI is InChI=1S/C11H15NO2/c1-9-3-4-10(8-13)11(7-9)14-6-2-5-12/h3-4,7-8H,2,5-6,12H2,1H3. The Morgan fingerprint density at radius 3 is 2.93 bits per heavy atom. The van der Waals surface area contributed by atoms with E-state index in [1.54, 1.807) is 6.07 Å². The van der Waals surface area contributed by atoms with E-state index in [0.717, 1.165) is 18.3 Å². The van der Waals surface area contributed by atoms with Gasteiger partial charge in [0.1, 0.15) is 5.75 Å². The molecule has 3 heteroatoms. The topological polar surface area (TPSA) is 52.3 Å². The lowest BCUT2D eigenvalue weighted by Gasteiger charge is -2.08. The van der Waals surface area contributed by atoms with Crippen molar-refractivity contribution in [1.82, 2.24) is 0 Å². The summed E-state index contributed by atoms with van der Waals surface area (Å²) in [4.78, 5) is 10.7. The van der Waals surface area contributed by atoms with Crippen molar-refractivity contribution in [2.45, 2.75) is 13.3 Å². The summed E-state index contributed by atoms with van der Waals surface area (Å²) in [5.41, 5.74) is 7.02. The van der Waals surface area contributed by atoms with Crippen LogP contribution in [0.2, 0.25) is 0 Å². The Kier molecular flexibility index (Phi) is 4.13. The first-order valence-electron chi connectivity index (χ1n) is 4.66. The van der Waals surface area contributed by atoms with Crippen LogP contribution in [-0.2, 0) is 0 Å². The van der Waals surface area contributed by atoms with E-state index in [2.05, 4.69) is 0 Å². The summed E-state index contributed by atoms with van der Waals surface area (Å²) in [5, 5.41) is 0. The monoisotopic (exact) mass is 193 g/mol. The molecule has 1 rings (SSSR count). The Morgan fingerprint density at radius 2 is 2.29 bits per heavy atom. The quantitative estimate of drug-likeness (QED) is 0.570. The average molecular weight is 193 g/mol. The lowest BCUT2D eigenvalue weighted by molar-refractivity contribution is 0.111. The Bertz CT molecular complexity index is 310. The van der Waals surface area contributed by atoms with Crippen LogP contribution in [0.1, 0.15) is 22.3 Å². The number of benzene rings is 1. The minimum absolute atomic E-state index is 0.556. The number of hydrogen-bond donors (Lipinski definition) is 1. The number of aryl methyl sites for hydroxylation is 1.